The van der Waals surface area contributed by atoms with Gasteiger partial charge in [-0.3, -0.25) is 4.79 Å². The summed E-state index contributed by atoms with van der Waals surface area (Å²) in [4.78, 5) is 13.4. The quantitative estimate of drug-likeness (QED) is 0.570. The molecule has 0 spiro atoms. The number of rotatable bonds is 3. The molecule has 0 aliphatic carbocycles. The first-order chi connectivity index (χ1) is 12.1. The third kappa shape index (κ3) is 2.87. The third-order valence-corrected chi connectivity index (χ3v) is 5.14. The summed E-state index contributed by atoms with van der Waals surface area (Å²) in [6, 6.07) is 18.0. The minimum atomic E-state index is -0.0724. The molecule has 0 aliphatic rings. The number of nitrogens with zero attached hydrogens (tertiary/aromatic N) is 3. The molecule has 0 radical (unpaired) electrons. The Kier molecular flexibility index (Phi) is 3.93. The molecule has 4 nitrogen and oxygen atoms in total. The number of hydrogen-bond donors (Lipinski definition) is 0. The normalized spacial score (nSPS) is 12.4. The van der Waals surface area contributed by atoms with Crippen molar-refractivity contribution in [2.24, 2.45) is 0 Å². The van der Waals surface area contributed by atoms with Crippen LogP contribution in [0.3, 0.4) is 0 Å². The lowest BCUT2D eigenvalue weighted by atomic mass is 10.0. The summed E-state index contributed by atoms with van der Waals surface area (Å²) in [5, 5.41) is 8.34. The minimum Gasteiger partial charge on any atom is -0.267 e. The maximum absolute atomic E-state index is 12.8. The van der Waals surface area contributed by atoms with E-state index in [0.29, 0.717) is 21.2 Å². The van der Waals surface area contributed by atoms with Gasteiger partial charge in [0.05, 0.1) is 4.53 Å². The van der Waals surface area contributed by atoms with Crippen LogP contribution in [0.5, 0.6) is 0 Å². The number of aromatic nitrogens is 3. The van der Waals surface area contributed by atoms with E-state index in [2.05, 4.69) is 36.2 Å². The van der Waals surface area contributed by atoms with Crippen LogP contribution in [0.15, 0.2) is 59.4 Å². The maximum Gasteiger partial charge on any atom is 0.276 e. The highest BCUT2D eigenvalue weighted by molar-refractivity contribution is 7.15. The highest BCUT2D eigenvalue weighted by Gasteiger charge is 2.13. The van der Waals surface area contributed by atoms with E-state index >= 15 is 0 Å². The van der Waals surface area contributed by atoms with E-state index in [-0.39, 0.29) is 5.56 Å². The average Bonchev–Trinajstić information content (AvgIpc) is 3.17. The van der Waals surface area contributed by atoms with E-state index in [9.17, 15) is 4.79 Å². The Morgan fingerprint density at radius 2 is 1.72 bits per heavy atom. The van der Waals surface area contributed by atoms with Gasteiger partial charge in [-0.1, -0.05) is 79.8 Å². The summed E-state index contributed by atoms with van der Waals surface area (Å²) in [6.45, 7) is 4.34. The number of fused-ring (bicyclic) bond motifs is 1. The second-order valence-electron chi connectivity index (χ2n) is 6.24. The predicted molar refractivity (Wildman–Crippen MR) is 102 cm³/mol. The van der Waals surface area contributed by atoms with Crippen molar-refractivity contribution in [3.8, 4) is 11.4 Å². The molecule has 2 aromatic carbocycles. The third-order valence-electron chi connectivity index (χ3n) is 4.18. The van der Waals surface area contributed by atoms with Gasteiger partial charge in [-0.05, 0) is 23.1 Å². The van der Waals surface area contributed by atoms with Crippen LogP contribution in [-0.2, 0) is 0 Å². The van der Waals surface area contributed by atoms with Gasteiger partial charge in [0.25, 0.3) is 5.56 Å². The fraction of sp³-hybridized carbons (Fsp3) is 0.150. The molecule has 0 N–H and O–H groups in total. The Hall–Kier alpha value is -2.79. The van der Waals surface area contributed by atoms with Crippen molar-refractivity contribution in [1.29, 1.82) is 0 Å². The second-order valence-corrected chi connectivity index (χ2v) is 7.25. The molecular weight excluding hydrogens is 330 g/mol. The zero-order valence-corrected chi connectivity index (χ0v) is 14.8. The summed E-state index contributed by atoms with van der Waals surface area (Å²) in [5.74, 6) is 1.08. The summed E-state index contributed by atoms with van der Waals surface area (Å²) in [5.41, 5.74) is 3.12. The molecule has 0 saturated heterocycles. The van der Waals surface area contributed by atoms with Crippen molar-refractivity contribution in [3.63, 3.8) is 0 Å². The molecule has 0 aliphatic heterocycles. The highest BCUT2D eigenvalue weighted by atomic mass is 32.1. The molecule has 124 valence electrons. The predicted octanol–water partition coefficient (Wildman–Crippen LogP) is 3.49. The maximum atomic E-state index is 12.8. The minimum absolute atomic E-state index is 0.0724. The van der Waals surface area contributed by atoms with Crippen LogP contribution in [0.2, 0.25) is 0 Å². The first-order valence-electron chi connectivity index (χ1n) is 8.18. The van der Waals surface area contributed by atoms with E-state index in [1.54, 1.807) is 4.40 Å². The van der Waals surface area contributed by atoms with Crippen LogP contribution in [0.25, 0.3) is 22.4 Å². The Balaban J connectivity index is 1.83. The molecule has 0 atom stereocenters. The lowest BCUT2D eigenvalue weighted by Crippen LogP contribution is -2.23. The number of thiazole rings is 1. The standard InChI is InChI=1S/C20H17N3OS/c1-13(2)15-10-8-14(9-11-15)12-17-19(24)23-18(21-22-20(23)25-17)16-6-4-3-5-7-16/h3-13H,1-2H3. The van der Waals surface area contributed by atoms with Crippen molar-refractivity contribution >= 4 is 22.4 Å². The van der Waals surface area contributed by atoms with Gasteiger partial charge in [-0.25, -0.2) is 4.40 Å². The molecule has 25 heavy (non-hydrogen) atoms. The van der Waals surface area contributed by atoms with Gasteiger partial charge in [0, 0.05) is 5.56 Å². The van der Waals surface area contributed by atoms with Crippen LogP contribution >= 0.6 is 11.3 Å². The van der Waals surface area contributed by atoms with E-state index in [4.69, 9.17) is 0 Å². The van der Waals surface area contributed by atoms with Gasteiger partial charge in [-0.2, -0.15) is 0 Å². The summed E-state index contributed by atoms with van der Waals surface area (Å²) in [6.07, 6.45) is 1.92. The fourth-order valence-electron chi connectivity index (χ4n) is 2.77. The van der Waals surface area contributed by atoms with Crippen LogP contribution in [0.1, 0.15) is 30.9 Å². The molecule has 4 rings (SSSR count). The Labute approximate surface area is 149 Å². The van der Waals surface area contributed by atoms with Crippen LogP contribution in [-0.4, -0.2) is 14.6 Å². The van der Waals surface area contributed by atoms with Gasteiger partial charge in [0.2, 0.25) is 4.96 Å². The molecule has 0 fully saturated rings. The number of hydrogen-bond acceptors (Lipinski definition) is 4. The molecular formula is C20H17N3OS. The van der Waals surface area contributed by atoms with Gasteiger partial charge in [0.1, 0.15) is 0 Å². The molecule has 4 aromatic rings. The van der Waals surface area contributed by atoms with Gasteiger partial charge in [0.15, 0.2) is 5.82 Å². The van der Waals surface area contributed by atoms with Crippen LogP contribution < -0.4 is 10.1 Å². The summed E-state index contributed by atoms with van der Waals surface area (Å²) >= 11 is 1.37. The molecule has 5 heteroatoms. The summed E-state index contributed by atoms with van der Waals surface area (Å²) in [7, 11) is 0. The largest absolute Gasteiger partial charge is 0.276 e. The Morgan fingerprint density at radius 3 is 2.40 bits per heavy atom. The van der Waals surface area contributed by atoms with Gasteiger partial charge in [-0.15, -0.1) is 10.2 Å². The van der Waals surface area contributed by atoms with Crippen molar-refractivity contribution in [2.45, 2.75) is 19.8 Å². The lowest BCUT2D eigenvalue weighted by molar-refractivity contribution is 0.866. The smallest absolute Gasteiger partial charge is 0.267 e. The SMILES string of the molecule is CC(C)c1ccc(C=c2sc3nnc(-c4ccccc4)n3c2=O)cc1. The van der Waals surface area contributed by atoms with Crippen molar-refractivity contribution in [3.05, 3.63) is 80.6 Å². The second kappa shape index (κ2) is 6.26. The van der Waals surface area contributed by atoms with E-state index in [0.717, 1.165) is 11.1 Å². The highest BCUT2D eigenvalue weighted by Crippen LogP contribution is 2.18. The zero-order valence-electron chi connectivity index (χ0n) is 14.0. The molecule has 2 heterocycles. The lowest BCUT2D eigenvalue weighted by Gasteiger charge is -2.04. The first-order valence-corrected chi connectivity index (χ1v) is 9.00. The monoisotopic (exact) mass is 347 g/mol. The molecule has 0 saturated carbocycles. The van der Waals surface area contributed by atoms with Crippen molar-refractivity contribution < 1.29 is 0 Å². The van der Waals surface area contributed by atoms with Crippen LogP contribution in [0.4, 0.5) is 0 Å². The Bertz CT molecular complexity index is 1130. The van der Waals surface area contributed by atoms with Gasteiger partial charge >= 0.3 is 0 Å². The molecule has 2 aromatic heterocycles. The first kappa shape index (κ1) is 15.7. The zero-order chi connectivity index (χ0) is 17.4. The fourth-order valence-corrected chi connectivity index (χ4v) is 3.68. The molecule has 0 amide bonds. The Morgan fingerprint density at radius 1 is 1.00 bits per heavy atom. The van der Waals surface area contributed by atoms with Crippen LogP contribution in [0, 0.1) is 0 Å². The van der Waals surface area contributed by atoms with E-state index in [1.165, 1.54) is 16.9 Å². The number of benzene rings is 2. The molecule has 0 unspecified atom stereocenters. The van der Waals surface area contributed by atoms with E-state index in [1.807, 2.05) is 48.5 Å². The topological polar surface area (TPSA) is 47.3 Å². The summed E-state index contributed by atoms with van der Waals surface area (Å²) < 4.78 is 2.26. The van der Waals surface area contributed by atoms with Crippen molar-refractivity contribution in [1.82, 2.24) is 14.6 Å². The average molecular weight is 347 g/mol. The molecule has 0 bridgehead atoms. The van der Waals surface area contributed by atoms with Crippen molar-refractivity contribution in [2.75, 3.05) is 0 Å². The van der Waals surface area contributed by atoms with E-state index < -0.39 is 0 Å². The van der Waals surface area contributed by atoms with Gasteiger partial charge < -0.3 is 0 Å².